The average Bonchev–Trinajstić information content (AvgIpc) is 2.93. The van der Waals surface area contributed by atoms with Crippen LogP contribution < -0.4 is 15.8 Å². The van der Waals surface area contributed by atoms with Crippen molar-refractivity contribution in [2.75, 3.05) is 13.2 Å². The summed E-state index contributed by atoms with van der Waals surface area (Å²) in [7, 11) is 0. The summed E-state index contributed by atoms with van der Waals surface area (Å²) in [6.07, 6.45) is -0.395. The number of hydrogen-bond acceptors (Lipinski definition) is 6. The Hall–Kier alpha value is -2.89. The number of nitrogens with zero attached hydrogens (tertiary/aromatic N) is 2. The predicted octanol–water partition coefficient (Wildman–Crippen LogP) is 1.76. The summed E-state index contributed by atoms with van der Waals surface area (Å²) in [6, 6.07) is 1.49. The second kappa shape index (κ2) is 8.23. The van der Waals surface area contributed by atoms with Crippen molar-refractivity contribution in [2.45, 2.75) is 56.5 Å². The maximum Gasteiger partial charge on any atom is 0.411 e. The van der Waals surface area contributed by atoms with Crippen molar-refractivity contribution < 1.29 is 37.0 Å². The van der Waals surface area contributed by atoms with Gasteiger partial charge < -0.3 is 20.5 Å². The van der Waals surface area contributed by atoms with Gasteiger partial charge in [-0.2, -0.15) is 13.2 Å². The summed E-state index contributed by atoms with van der Waals surface area (Å²) in [5.74, 6) is -0.861. The van der Waals surface area contributed by atoms with E-state index in [1.807, 2.05) is 0 Å². The largest absolute Gasteiger partial charge is 0.474 e. The van der Waals surface area contributed by atoms with Crippen molar-refractivity contribution in [3.05, 3.63) is 23.9 Å². The van der Waals surface area contributed by atoms with Crippen LogP contribution in [0, 0.1) is 5.41 Å². The number of halogens is 3. The molecular formula is C20H23F3N4O5. The molecular weight excluding hydrogens is 433 g/mol. The molecule has 1 unspecified atom stereocenters. The summed E-state index contributed by atoms with van der Waals surface area (Å²) in [4.78, 5) is 41.5. The van der Waals surface area contributed by atoms with E-state index in [0.717, 1.165) is 0 Å². The van der Waals surface area contributed by atoms with Crippen molar-refractivity contribution in [2.24, 2.45) is 11.1 Å². The molecule has 9 nitrogen and oxygen atoms in total. The number of rotatable bonds is 8. The first-order valence-electron chi connectivity index (χ1n) is 10.3. The first-order chi connectivity index (χ1) is 15.1. The number of ether oxygens (including phenoxy) is 2. The number of alkyl halides is 3. The highest BCUT2D eigenvalue weighted by Crippen LogP contribution is 2.58. The number of nitrogens with two attached hydrogens (primary N) is 1. The molecule has 2 heterocycles. The summed E-state index contributed by atoms with van der Waals surface area (Å²) in [6.45, 7) is -1.67. The molecule has 0 radical (unpaired) electrons. The van der Waals surface area contributed by atoms with Crippen LogP contribution in [0.3, 0.4) is 0 Å². The molecule has 1 spiro atoms. The highest BCUT2D eigenvalue weighted by atomic mass is 19.4. The van der Waals surface area contributed by atoms with Crippen molar-refractivity contribution in [1.29, 1.82) is 0 Å². The molecule has 1 saturated heterocycles. The molecule has 3 fully saturated rings. The highest BCUT2D eigenvalue weighted by molar-refractivity contribution is 6.04. The molecule has 32 heavy (non-hydrogen) atoms. The van der Waals surface area contributed by atoms with Crippen LogP contribution in [0.1, 0.15) is 42.5 Å². The first-order valence-corrected chi connectivity index (χ1v) is 10.3. The van der Waals surface area contributed by atoms with Crippen LogP contribution in [0.5, 0.6) is 5.88 Å². The maximum atomic E-state index is 12.6. The lowest BCUT2D eigenvalue weighted by atomic mass is 9.52. The quantitative estimate of drug-likeness (QED) is 0.454. The zero-order valence-electron chi connectivity index (χ0n) is 17.1. The normalized spacial score (nSPS) is 29.5. The molecule has 0 bridgehead atoms. The van der Waals surface area contributed by atoms with E-state index in [1.165, 1.54) is 11.1 Å². The van der Waals surface area contributed by atoms with Gasteiger partial charge in [0.25, 0.3) is 11.8 Å². The van der Waals surface area contributed by atoms with Crippen LogP contribution >= 0.6 is 0 Å². The Morgan fingerprint density at radius 3 is 2.66 bits per heavy atom. The van der Waals surface area contributed by atoms with Crippen LogP contribution in [-0.2, 0) is 9.53 Å². The number of amides is 4. The Morgan fingerprint density at radius 1 is 1.28 bits per heavy atom. The van der Waals surface area contributed by atoms with Crippen LogP contribution in [-0.4, -0.2) is 65.3 Å². The Balaban J connectivity index is 1.23. The van der Waals surface area contributed by atoms with Crippen molar-refractivity contribution in [3.63, 3.8) is 0 Å². The van der Waals surface area contributed by atoms with Crippen LogP contribution in [0.15, 0.2) is 18.3 Å². The van der Waals surface area contributed by atoms with Gasteiger partial charge in [-0.15, -0.1) is 0 Å². The van der Waals surface area contributed by atoms with Gasteiger partial charge in [-0.25, -0.2) is 9.78 Å². The number of pyridine rings is 1. The first kappa shape index (κ1) is 22.3. The smallest absolute Gasteiger partial charge is 0.411 e. The van der Waals surface area contributed by atoms with E-state index in [2.05, 4.69) is 15.0 Å². The monoisotopic (exact) mass is 456 g/mol. The summed E-state index contributed by atoms with van der Waals surface area (Å²) >= 11 is 0. The molecule has 2 aliphatic carbocycles. The van der Waals surface area contributed by atoms with Gasteiger partial charge in [0.15, 0.2) is 0 Å². The van der Waals surface area contributed by atoms with Crippen molar-refractivity contribution >= 4 is 17.8 Å². The second-order valence-corrected chi connectivity index (χ2v) is 8.60. The molecule has 1 atom stereocenters. The van der Waals surface area contributed by atoms with E-state index >= 15 is 0 Å². The Kier molecular flexibility index (Phi) is 5.74. The van der Waals surface area contributed by atoms with E-state index in [-0.39, 0.29) is 42.0 Å². The van der Waals surface area contributed by atoms with E-state index in [9.17, 15) is 27.6 Å². The lowest BCUT2D eigenvalue weighted by molar-refractivity contribution is -0.174. The third-order valence-electron chi connectivity index (χ3n) is 6.21. The third-order valence-corrected chi connectivity index (χ3v) is 6.21. The van der Waals surface area contributed by atoms with Gasteiger partial charge in [0.05, 0.1) is 0 Å². The molecule has 0 aromatic carbocycles. The number of imide groups is 1. The number of carbonyl (C=O) groups is 3. The molecule has 3 N–H and O–H groups in total. The fourth-order valence-electron chi connectivity index (χ4n) is 4.75. The highest BCUT2D eigenvalue weighted by Gasteiger charge is 2.58. The zero-order chi connectivity index (χ0) is 23.1. The number of hydrogen-bond donors (Lipinski definition) is 2. The topological polar surface area (TPSA) is 124 Å². The minimum absolute atomic E-state index is 0.0167. The standard InChI is InChI=1S/C20H23F3N4O5/c21-20(22,23)10-31-5-3-14-17(29)27(18(30)26-14)11-6-19(7-11)8-12(9-19)32-16-13(15(24)28)2-1-4-25-16/h1-2,4,11-12,14H,3,5-10H2,(H2,24,28)(H,26,30)/t11-,12-,14?,19?. The summed E-state index contributed by atoms with van der Waals surface area (Å²) in [5.41, 5.74) is 5.51. The summed E-state index contributed by atoms with van der Waals surface area (Å²) in [5, 5.41) is 2.52. The molecule has 174 valence electrons. The number of urea groups is 1. The average molecular weight is 456 g/mol. The summed E-state index contributed by atoms with van der Waals surface area (Å²) < 4.78 is 46.7. The number of aromatic nitrogens is 1. The fourth-order valence-corrected chi connectivity index (χ4v) is 4.75. The van der Waals surface area contributed by atoms with Crippen LogP contribution in [0.2, 0.25) is 0 Å². The molecule has 1 aromatic heterocycles. The van der Waals surface area contributed by atoms with E-state index in [0.29, 0.717) is 25.7 Å². The van der Waals surface area contributed by atoms with Gasteiger partial charge in [0.2, 0.25) is 5.88 Å². The second-order valence-electron chi connectivity index (χ2n) is 8.60. The number of nitrogens with one attached hydrogen (secondary N) is 1. The molecule has 1 aliphatic heterocycles. The molecule has 1 aromatic rings. The predicted molar refractivity (Wildman–Crippen MR) is 103 cm³/mol. The van der Waals surface area contributed by atoms with Gasteiger partial charge in [0, 0.05) is 25.3 Å². The Bertz CT molecular complexity index is 911. The number of primary amides is 1. The van der Waals surface area contributed by atoms with Gasteiger partial charge in [-0.1, -0.05) is 0 Å². The molecule has 2 saturated carbocycles. The molecule has 12 heteroatoms. The minimum atomic E-state index is -4.43. The van der Waals surface area contributed by atoms with E-state index in [1.54, 1.807) is 12.1 Å². The van der Waals surface area contributed by atoms with Gasteiger partial charge in [0.1, 0.15) is 24.3 Å². The van der Waals surface area contributed by atoms with Crippen LogP contribution in [0.4, 0.5) is 18.0 Å². The third kappa shape index (κ3) is 4.50. The Morgan fingerprint density at radius 2 is 2.00 bits per heavy atom. The Labute approximate surface area is 181 Å². The fraction of sp³-hybridized carbons (Fsp3) is 0.600. The van der Waals surface area contributed by atoms with Gasteiger partial charge in [-0.3, -0.25) is 14.5 Å². The lowest BCUT2D eigenvalue weighted by Gasteiger charge is -2.58. The lowest BCUT2D eigenvalue weighted by Crippen LogP contribution is -2.60. The molecule has 4 rings (SSSR count). The van der Waals surface area contributed by atoms with Gasteiger partial charge >= 0.3 is 12.2 Å². The van der Waals surface area contributed by atoms with Crippen molar-refractivity contribution in [3.8, 4) is 5.88 Å². The van der Waals surface area contributed by atoms with Gasteiger partial charge in [-0.05, 0) is 43.2 Å². The molecule has 4 amide bonds. The molecule has 3 aliphatic rings. The van der Waals surface area contributed by atoms with Crippen molar-refractivity contribution in [1.82, 2.24) is 15.2 Å². The SMILES string of the molecule is NC(=O)c1cccnc1O[C@H]1CC2(C1)C[C@H](N1C(=O)NC(CCOCC(F)(F)F)C1=O)C2. The minimum Gasteiger partial charge on any atom is -0.474 e. The zero-order valence-corrected chi connectivity index (χ0v) is 17.1. The maximum absolute atomic E-state index is 12.6. The van der Waals surface area contributed by atoms with E-state index < -0.39 is 36.7 Å². The van der Waals surface area contributed by atoms with Crippen LogP contribution in [0.25, 0.3) is 0 Å². The number of carbonyl (C=O) groups excluding carboxylic acids is 3. The van der Waals surface area contributed by atoms with E-state index in [4.69, 9.17) is 10.5 Å².